The van der Waals surface area contributed by atoms with Crippen LogP contribution in [0.25, 0.3) is 11.2 Å². The molecule has 0 saturated heterocycles. The summed E-state index contributed by atoms with van der Waals surface area (Å²) in [5.74, 6) is -0.112. The number of nitrogens with zero attached hydrogens (tertiary/aromatic N) is 6. The van der Waals surface area contributed by atoms with Gasteiger partial charge in [-0.2, -0.15) is 0 Å². The van der Waals surface area contributed by atoms with E-state index in [1.807, 2.05) is 42.1 Å². The van der Waals surface area contributed by atoms with Crippen molar-refractivity contribution in [2.45, 2.75) is 29.4 Å². The van der Waals surface area contributed by atoms with E-state index in [9.17, 15) is 14.4 Å². The van der Waals surface area contributed by atoms with Gasteiger partial charge in [0.2, 0.25) is 5.91 Å². The number of hydrogen-bond acceptors (Lipinski definition) is 6. The van der Waals surface area contributed by atoms with Gasteiger partial charge in [0.05, 0.1) is 6.33 Å². The molecular formula is C21H23N7O3S. The Morgan fingerprint density at radius 2 is 1.81 bits per heavy atom. The summed E-state index contributed by atoms with van der Waals surface area (Å²) in [6.45, 7) is 0.441. The van der Waals surface area contributed by atoms with Gasteiger partial charge in [0.1, 0.15) is 0 Å². The maximum absolute atomic E-state index is 12.5. The molecule has 0 atom stereocenters. The summed E-state index contributed by atoms with van der Waals surface area (Å²) >= 11 is 1.55. The van der Waals surface area contributed by atoms with Crippen molar-refractivity contribution >= 4 is 34.5 Å². The number of aromatic nitrogens is 6. The van der Waals surface area contributed by atoms with Crippen LogP contribution in [0.15, 0.2) is 62.6 Å². The van der Waals surface area contributed by atoms with Gasteiger partial charge in [-0.25, -0.2) is 14.8 Å². The van der Waals surface area contributed by atoms with E-state index in [0.717, 1.165) is 20.3 Å². The quantitative estimate of drug-likeness (QED) is 0.457. The summed E-state index contributed by atoms with van der Waals surface area (Å²) in [6.07, 6.45) is 5.98. The van der Waals surface area contributed by atoms with E-state index in [-0.39, 0.29) is 12.3 Å². The van der Waals surface area contributed by atoms with Crippen LogP contribution in [0.5, 0.6) is 0 Å². The smallest absolute Gasteiger partial charge is 0.329 e. The number of benzene rings is 1. The fraction of sp³-hybridized carbons (Fsp3) is 0.286. The summed E-state index contributed by atoms with van der Waals surface area (Å²) in [6, 6.07) is 7.59. The molecule has 32 heavy (non-hydrogen) atoms. The van der Waals surface area contributed by atoms with Gasteiger partial charge in [-0.05, 0) is 30.7 Å². The van der Waals surface area contributed by atoms with Crippen LogP contribution in [0, 0.1) is 0 Å². The van der Waals surface area contributed by atoms with E-state index in [0.29, 0.717) is 24.1 Å². The molecule has 1 aromatic carbocycles. The largest absolute Gasteiger partial charge is 0.332 e. The van der Waals surface area contributed by atoms with Gasteiger partial charge in [0.15, 0.2) is 16.3 Å². The normalized spacial score (nSPS) is 11.2. The lowest BCUT2D eigenvalue weighted by molar-refractivity contribution is -0.116. The maximum atomic E-state index is 12.5. The van der Waals surface area contributed by atoms with Crippen molar-refractivity contribution in [3.8, 4) is 0 Å². The molecule has 4 rings (SSSR count). The van der Waals surface area contributed by atoms with Crippen molar-refractivity contribution in [3.05, 3.63) is 63.8 Å². The van der Waals surface area contributed by atoms with Crippen LogP contribution >= 0.6 is 11.8 Å². The molecule has 0 fully saturated rings. The molecule has 3 aromatic heterocycles. The third-order valence-corrected chi connectivity index (χ3v) is 6.23. The van der Waals surface area contributed by atoms with Crippen molar-refractivity contribution in [1.29, 1.82) is 0 Å². The van der Waals surface area contributed by atoms with E-state index in [1.54, 1.807) is 29.6 Å². The topological polar surface area (TPSA) is 109 Å². The molecule has 0 aliphatic rings. The van der Waals surface area contributed by atoms with Gasteiger partial charge in [0, 0.05) is 57.1 Å². The minimum absolute atomic E-state index is 0.112. The Morgan fingerprint density at radius 1 is 1.06 bits per heavy atom. The van der Waals surface area contributed by atoms with Gasteiger partial charge in [-0.1, -0.05) is 11.8 Å². The lowest BCUT2D eigenvalue weighted by Gasteiger charge is -2.08. The standard InChI is InChI=1S/C21H23N7O3S/c1-25-12-10-22-20(25)32-15-8-6-14(7-9-15)24-16(29)5-4-11-28-13-23-18-17(28)19(30)27(3)21(31)26(18)2/h6-10,12-13H,4-5,11H2,1-3H3,(H,24,29). The lowest BCUT2D eigenvalue weighted by atomic mass is 10.2. The monoisotopic (exact) mass is 453 g/mol. The van der Waals surface area contributed by atoms with Crippen LogP contribution in [-0.4, -0.2) is 34.1 Å². The van der Waals surface area contributed by atoms with E-state index in [2.05, 4.69) is 15.3 Å². The first-order valence-electron chi connectivity index (χ1n) is 10.0. The molecule has 4 aromatic rings. The minimum atomic E-state index is -0.420. The molecular weight excluding hydrogens is 430 g/mol. The number of amides is 1. The molecule has 0 unspecified atom stereocenters. The molecule has 1 amide bonds. The number of rotatable bonds is 7. The number of anilines is 1. The zero-order valence-electron chi connectivity index (χ0n) is 18.0. The second kappa shape index (κ2) is 8.87. The van der Waals surface area contributed by atoms with Gasteiger partial charge in [-0.15, -0.1) is 0 Å². The minimum Gasteiger partial charge on any atom is -0.329 e. The Balaban J connectivity index is 1.34. The molecule has 0 radical (unpaired) electrons. The third kappa shape index (κ3) is 4.24. The molecule has 166 valence electrons. The fourth-order valence-corrected chi connectivity index (χ4v) is 4.16. The van der Waals surface area contributed by atoms with Gasteiger partial charge in [0.25, 0.3) is 5.56 Å². The molecule has 0 saturated carbocycles. The number of nitrogens with one attached hydrogen (secondary N) is 1. The predicted molar refractivity (Wildman–Crippen MR) is 122 cm³/mol. The number of hydrogen-bond donors (Lipinski definition) is 1. The first kappa shape index (κ1) is 21.6. The van der Waals surface area contributed by atoms with Crippen molar-refractivity contribution in [2.24, 2.45) is 21.1 Å². The number of fused-ring (bicyclic) bond motifs is 1. The molecule has 1 N–H and O–H groups in total. The first-order valence-corrected chi connectivity index (χ1v) is 10.8. The van der Waals surface area contributed by atoms with Crippen LogP contribution in [0.1, 0.15) is 12.8 Å². The highest BCUT2D eigenvalue weighted by atomic mass is 32.2. The highest BCUT2D eigenvalue weighted by Crippen LogP contribution is 2.26. The Labute approximate surface area is 187 Å². The lowest BCUT2D eigenvalue weighted by Crippen LogP contribution is -2.37. The molecule has 11 heteroatoms. The predicted octanol–water partition coefficient (Wildman–Crippen LogP) is 1.74. The van der Waals surface area contributed by atoms with Crippen LogP contribution in [-0.2, 0) is 32.5 Å². The van der Waals surface area contributed by atoms with Crippen molar-refractivity contribution in [1.82, 2.24) is 28.2 Å². The van der Waals surface area contributed by atoms with Crippen molar-refractivity contribution in [2.75, 3.05) is 5.32 Å². The fourth-order valence-electron chi connectivity index (χ4n) is 3.36. The number of imidazole rings is 2. The summed E-state index contributed by atoms with van der Waals surface area (Å²) < 4.78 is 6.03. The molecule has 0 aliphatic heterocycles. The third-order valence-electron chi connectivity index (χ3n) is 5.14. The summed E-state index contributed by atoms with van der Waals surface area (Å²) in [5, 5.41) is 3.78. The van der Waals surface area contributed by atoms with E-state index < -0.39 is 11.2 Å². The Kier molecular flexibility index (Phi) is 5.99. The highest BCUT2D eigenvalue weighted by Gasteiger charge is 2.14. The van der Waals surface area contributed by atoms with Crippen molar-refractivity contribution < 1.29 is 4.79 Å². The summed E-state index contributed by atoms with van der Waals surface area (Å²) in [7, 11) is 4.96. The number of carbonyl (C=O) groups is 1. The second-order valence-electron chi connectivity index (χ2n) is 7.41. The zero-order chi connectivity index (χ0) is 22.8. The van der Waals surface area contributed by atoms with Crippen molar-refractivity contribution in [3.63, 3.8) is 0 Å². The van der Waals surface area contributed by atoms with Crippen LogP contribution in [0.4, 0.5) is 5.69 Å². The van der Waals surface area contributed by atoms with Crippen LogP contribution in [0.2, 0.25) is 0 Å². The van der Waals surface area contributed by atoms with Crippen LogP contribution in [0.3, 0.4) is 0 Å². The Morgan fingerprint density at radius 3 is 2.50 bits per heavy atom. The molecule has 3 heterocycles. The summed E-state index contributed by atoms with van der Waals surface area (Å²) in [5.41, 5.74) is 0.600. The summed E-state index contributed by atoms with van der Waals surface area (Å²) in [4.78, 5) is 46.3. The van der Waals surface area contributed by atoms with Gasteiger partial charge >= 0.3 is 5.69 Å². The average molecular weight is 454 g/mol. The van der Waals surface area contributed by atoms with Gasteiger partial charge in [-0.3, -0.25) is 18.7 Å². The number of aryl methyl sites for hydroxylation is 3. The molecule has 0 aliphatic carbocycles. The zero-order valence-corrected chi connectivity index (χ0v) is 18.8. The second-order valence-corrected chi connectivity index (χ2v) is 8.46. The molecule has 0 bridgehead atoms. The van der Waals surface area contributed by atoms with Crippen LogP contribution < -0.4 is 16.6 Å². The number of carbonyl (C=O) groups excluding carboxylic acids is 1. The Bertz CT molecular complexity index is 1400. The Hall–Kier alpha value is -3.60. The molecule has 0 spiro atoms. The van der Waals surface area contributed by atoms with E-state index >= 15 is 0 Å². The van der Waals surface area contributed by atoms with E-state index in [1.165, 1.54) is 17.9 Å². The average Bonchev–Trinajstić information content (AvgIpc) is 3.38. The van der Waals surface area contributed by atoms with E-state index in [4.69, 9.17) is 0 Å². The molecule has 10 nitrogen and oxygen atoms in total. The maximum Gasteiger partial charge on any atom is 0.332 e. The SMILES string of the molecule is Cn1ccnc1Sc1ccc(NC(=O)CCCn2cnc3c2c(=O)n(C)c(=O)n3C)cc1. The first-order chi connectivity index (χ1) is 15.3. The van der Waals surface area contributed by atoms with Gasteiger partial charge < -0.3 is 14.5 Å². The highest BCUT2D eigenvalue weighted by molar-refractivity contribution is 7.99.